The Morgan fingerprint density at radius 3 is 2.85 bits per heavy atom. The van der Waals surface area contributed by atoms with Crippen LogP contribution in [0, 0.1) is 5.41 Å². The molecule has 1 spiro atoms. The van der Waals surface area contributed by atoms with Gasteiger partial charge in [0.05, 0.1) is 13.5 Å². The van der Waals surface area contributed by atoms with E-state index in [1.165, 1.54) is 18.4 Å². The van der Waals surface area contributed by atoms with E-state index >= 15 is 0 Å². The summed E-state index contributed by atoms with van der Waals surface area (Å²) in [7, 11) is 1.66. The number of carbonyl (C=O) groups is 1. The molecule has 1 aromatic heterocycles. The third-order valence-electron chi connectivity index (χ3n) is 5.91. The van der Waals surface area contributed by atoms with Crippen LogP contribution in [-0.2, 0) is 17.8 Å². The van der Waals surface area contributed by atoms with Crippen molar-refractivity contribution in [3.05, 3.63) is 52.2 Å². The molecule has 1 saturated heterocycles. The number of nitrogens with zero attached hydrogens (tertiary/aromatic N) is 1. The number of ether oxygens (including phenoxy) is 1. The van der Waals surface area contributed by atoms with Gasteiger partial charge >= 0.3 is 0 Å². The Hall–Kier alpha value is -1.85. The molecule has 2 fully saturated rings. The first-order valence-electron chi connectivity index (χ1n) is 9.35. The van der Waals surface area contributed by atoms with Gasteiger partial charge in [-0.1, -0.05) is 18.2 Å². The molecule has 2 aliphatic rings. The number of rotatable bonds is 6. The zero-order valence-electron chi connectivity index (χ0n) is 15.2. The van der Waals surface area contributed by atoms with E-state index in [-0.39, 0.29) is 5.91 Å². The van der Waals surface area contributed by atoms with Gasteiger partial charge in [0.2, 0.25) is 5.91 Å². The van der Waals surface area contributed by atoms with Crippen molar-refractivity contribution in [3.63, 3.8) is 0 Å². The molecular formula is C21H26N2O2S. The molecule has 138 valence electrons. The van der Waals surface area contributed by atoms with Crippen molar-refractivity contribution in [3.8, 4) is 5.75 Å². The Labute approximate surface area is 159 Å². The molecule has 0 bridgehead atoms. The molecule has 1 aliphatic carbocycles. The molecule has 0 unspecified atom stereocenters. The van der Waals surface area contributed by atoms with Crippen LogP contribution in [0.15, 0.2) is 41.1 Å². The van der Waals surface area contributed by atoms with Gasteiger partial charge in [-0.15, -0.1) is 0 Å². The van der Waals surface area contributed by atoms with E-state index in [2.05, 4.69) is 27.0 Å². The van der Waals surface area contributed by atoms with E-state index in [4.69, 9.17) is 4.74 Å². The van der Waals surface area contributed by atoms with Gasteiger partial charge in [-0.25, -0.2) is 0 Å². The van der Waals surface area contributed by atoms with Crippen molar-refractivity contribution < 1.29 is 9.53 Å². The van der Waals surface area contributed by atoms with Crippen molar-refractivity contribution in [2.45, 2.75) is 38.3 Å². The van der Waals surface area contributed by atoms with Gasteiger partial charge in [-0.2, -0.15) is 11.3 Å². The smallest absolute Gasteiger partial charge is 0.227 e. The van der Waals surface area contributed by atoms with E-state index in [0.717, 1.165) is 37.4 Å². The number of amides is 1. The number of benzene rings is 1. The fraction of sp³-hybridized carbons (Fsp3) is 0.476. The third-order valence-corrected chi connectivity index (χ3v) is 6.64. The lowest BCUT2D eigenvalue weighted by molar-refractivity contribution is -0.132. The number of carbonyl (C=O) groups excluding carboxylic acids is 1. The van der Waals surface area contributed by atoms with E-state index in [0.29, 0.717) is 17.9 Å². The molecule has 2 aromatic rings. The quantitative estimate of drug-likeness (QED) is 0.847. The maximum atomic E-state index is 13.3. The summed E-state index contributed by atoms with van der Waals surface area (Å²) in [6.07, 6.45) is 3.91. The van der Waals surface area contributed by atoms with Crippen LogP contribution in [0.5, 0.6) is 5.75 Å². The lowest BCUT2D eigenvalue weighted by atomic mass is 9.93. The number of piperidine rings is 1. The molecule has 26 heavy (non-hydrogen) atoms. The molecule has 4 rings (SSSR count). The molecular weight excluding hydrogens is 344 g/mol. The molecule has 1 aliphatic heterocycles. The van der Waals surface area contributed by atoms with Gasteiger partial charge in [0.1, 0.15) is 5.75 Å². The van der Waals surface area contributed by atoms with Crippen molar-refractivity contribution in [1.29, 1.82) is 0 Å². The minimum atomic E-state index is 0.209. The van der Waals surface area contributed by atoms with Crippen LogP contribution in [-0.4, -0.2) is 37.0 Å². The largest absolute Gasteiger partial charge is 0.496 e. The van der Waals surface area contributed by atoms with E-state index < -0.39 is 0 Å². The number of methoxy groups -OCH3 is 1. The molecule has 2 heterocycles. The second-order valence-corrected chi connectivity index (χ2v) is 8.25. The predicted molar refractivity (Wildman–Crippen MR) is 105 cm³/mol. The summed E-state index contributed by atoms with van der Waals surface area (Å²) in [6.45, 7) is 2.87. The number of thiophene rings is 1. The monoisotopic (exact) mass is 370 g/mol. The average Bonchev–Trinajstić information content (AvgIpc) is 3.09. The van der Waals surface area contributed by atoms with E-state index in [1.54, 1.807) is 18.4 Å². The van der Waals surface area contributed by atoms with Gasteiger partial charge in [-0.3, -0.25) is 4.79 Å². The highest BCUT2D eigenvalue weighted by molar-refractivity contribution is 7.07. The first-order valence-corrected chi connectivity index (χ1v) is 10.3. The summed E-state index contributed by atoms with van der Waals surface area (Å²) < 4.78 is 5.44. The van der Waals surface area contributed by atoms with E-state index in [9.17, 15) is 4.79 Å². The van der Waals surface area contributed by atoms with Crippen LogP contribution >= 0.6 is 11.3 Å². The van der Waals surface area contributed by atoms with Gasteiger partial charge in [-0.05, 0) is 66.2 Å². The van der Waals surface area contributed by atoms with Gasteiger partial charge in [0.15, 0.2) is 0 Å². The van der Waals surface area contributed by atoms with Crippen molar-refractivity contribution in [2.24, 2.45) is 5.41 Å². The standard InChI is InChI=1S/C21H26N2O2S/c1-25-18-5-3-2-4-17(18)12-20(24)23(14-16-6-11-26-15-16)19-13-21(19)7-9-22-10-8-21/h2-6,11,15,19,22H,7-10,12-14H2,1H3/t19-/m1/s1. The number of para-hydroxylation sites is 1. The van der Waals surface area contributed by atoms with Crippen molar-refractivity contribution in [2.75, 3.05) is 20.2 Å². The van der Waals surface area contributed by atoms with Crippen LogP contribution in [0.3, 0.4) is 0 Å². The van der Waals surface area contributed by atoms with Crippen LogP contribution in [0.25, 0.3) is 0 Å². The fourth-order valence-corrected chi connectivity index (χ4v) is 4.95. The number of hydrogen-bond acceptors (Lipinski definition) is 4. The molecule has 1 amide bonds. The number of hydrogen-bond donors (Lipinski definition) is 1. The van der Waals surface area contributed by atoms with Crippen LogP contribution in [0.4, 0.5) is 0 Å². The van der Waals surface area contributed by atoms with Gasteiger partial charge < -0.3 is 15.0 Å². The van der Waals surface area contributed by atoms with E-state index in [1.807, 2.05) is 24.3 Å². The number of nitrogens with one attached hydrogen (secondary N) is 1. The van der Waals surface area contributed by atoms with Crippen LogP contribution in [0.1, 0.15) is 30.4 Å². The second kappa shape index (κ2) is 7.41. The molecule has 1 saturated carbocycles. The average molecular weight is 371 g/mol. The summed E-state index contributed by atoms with van der Waals surface area (Å²) >= 11 is 1.69. The molecule has 5 heteroatoms. The Kier molecular flexibility index (Phi) is 5.00. The van der Waals surface area contributed by atoms with Gasteiger partial charge in [0.25, 0.3) is 0 Å². The SMILES string of the molecule is COc1ccccc1CC(=O)N(Cc1ccsc1)[C@@H]1CC12CCNCC2. The topological polar surface area (TPSA) is 41.6 Å². The Morgan fingerprint density at radius 1 is 1.31 bits per heavy atom. The minimum Gasteiger partial charge on any atom is -0.496 e. The molecule has 1 atom stereocenters. The maximum absolute atomic E-state index is 13.3. The van der Waals surface area contributed by atoms with Crippen molar-refractivity contribution >= 4 is 17.2 Å². The molecule has 4 nitrogen and oxygen atoms in total. The summed E-state index contributed by atoms with van der Waals surface area (Å²) in [4.78, 5) is 15.4. The predicted octanol–water partition coefficient (Wildman–Crippen LogP) is 3.47. The fourth-order valence-electron chi connectivity index (χ4n) is 4.29. The van der Waals surface area contributed by atoms with Crippen LogP contribution < -0.4 is 10.1 Å². The summed E-state index contributed by atoms with van der Waals surface area (Å²) in [6, 6.07) is 10.3. The molecule has 1 N–H and O–H groups in total. The molecule has 1 aromatic carbocycles. The highest BCUT2D eigenvalue weighted by atomic mass is 32.1. The lowest BCUT2D eigenvalue weighted by Gasteiger charge is -2.30. The maximum Gasteiger partial charge on any atom is 0.227 e. The first-order chi connectivity index (χ1) is 12.7. The minimum absolute atomic E-state index is 0.209. The zero-order valence-corrected chi connectivity index (χ0v) is 16.1. The summed E-state index contributed by atoms with van der Waals surface area (Å²) in [5.74, 6) is 1.00. The molecule has 0 radical (unpaired) electrons. The third kappa shape index (κ3) is 3.51. The highest BCUT2D eigenvalue weighted by Gasteiger charge is 2.57. The second-order valence-electron chi connectivity index (χ2n) is 7.47. The summed E-state index contributed by atoms with van der Waals surface area (Å²) in [5, 5.41) is 7.69. The normalized spacial score (nSPS) is 20.7. The zero-order chi connectivity index (χ0) is 18.0. The van der Waals surface area contributed by atoms with Gasteiger partial charge in [0, 0.05) is 18.2 Å². The lowest BCUT2D eigenvalue weighted by Crippen LogP contribution is -2.39. The van der Waals surface area contributed by atoms with Crippen LogP contribution in [0.2, 0.25) is 0 Å². The Bertz CT molecular complexity index is 753. The Balaban J connectivity index is 1.53. The Morgan fingerprint density at radius 2 is 2.12 bits per heavy atom. The van der Waals surface area contributed by atoms with Crippen molar-refractivity contribution in [1.82, 2.24) is 10.2 Å². The first kappa shape index (κ1) is 17.6. The summed E-state index contributed by atoms with van der Waals surface area (Å²) in [5.41, 5.74) is 2.55. The highest BCUT2D eigenvalue weighted by Crippen LogP contribution is 2.56.